The van der Waals surface area contributed by atoms with E-state index in [1.165, 1.54) is 0 Å². The summed E-state index contributed by atoms with van der Waals surface area (Å²) in [6, 6.07) is 11.9. The van der Waals surface area contributed by atoms with Crippen LogP contribution in [0.15, 0.2) is 48.8 Å². The third kappa shape index (κ3) is 5.94. The van der Waals surface area contributed by atoms with Crippen LogP contribution in [0.2, 0.25) is 0 Å². The number of rotatable bonds is 9. The Bertz CT molecular complexity index is 1280. The molecular weight excluding hydrogens is 468 g/mol. The first kappa shape index (κ1) is 26.2. The molecule has 1 fully saturated rings. The Kier molecular flexibility index (Phi) is 7.83. The molecule has 0 unspecified atom stereocenters. The summed E-state index contributed by atoms with van der Waals surface area (Å²) in [7, 11) is 7.62. The van der Waals surface area contributed by atoms with Crippen LogP contribution in [0.3, 0.4) is 0 Å². The Morgan fingerprint density at radius 3 is 2.59 bits per heavy atom. The molecule has 1 aromatic heterocycles. The van der Waals surface area contributed by atoms with Crippen molar-refractivity contribution in [1.82, 2.24) is 25.3 Å². The number of aryl methyl sites for hydroxylation is 1. The van der Waals surface area contributed by atoms with Crippen molar-refractivity contribution >= 4 is 17.5 Å². The zero-order chi connectivity index (χ0) is 26.7. The molecular formula is C28H36N6O3. The normalized spacial score (nSPS) is 14.3. The summed E-state index contributed by atoms with van der Waals surface area (Å²) in [6.07, 6.45) is 3.69. The summed E-state index contributed by atoms with van der Waals surface area (Å²) >= 11 is 0. The van der Waals surface area contributed by atoms with Crippen molar-refractivity contribution < 1.29 is 14.3 Å². The number of amides is 2. The predicted molar refractivity (Wildman–Crippen MR) is 145 cm³/mol. The van der Waals surface area contributed by atoms with Crippen LogP contribution in [-0.2, 0) is 11.8 Å². The van der Waals surface area contributed by atoms with Gasteiger partial charge in [0.2, 0.25) is 0 Å². The first-order chi connectivity index (χ1) is 17.7. The van der Waals surface area contributed by atoms with Crippen molar-refractivity contribution in [1.29, 1.82) is 0 Å². The van der Waals surface area contributed by atoms with Crippen molar-refractivity contribution in [3.63, 3.8) is 0 Å². The minimum atomic E-state index is -0.295. The number of benzene rings is 2. The molecule has 1 aliphatic heterocycles. The van der Waals surface area contributed by atoms with E-state index in [4.69, 9.17) is 4.74 Å². The van der Waals surface area contributed by atoms with Gasteiger partial charge in [-0.2, -0.15) is 5.10 Å². The number of likely N-dealkylation sites (N-methyl/N-ethyl adjacent to an activating group) is 2. The van der Waals surface area contributed by atoms with E-state index in [1.807, 2.05) is 57.4 Å². The molecule has 0 aliphatic carbocycles. The van der Waals surface area contributed by atoms with E-state index in [2.05, 4.69) is 45.7 Å². The fraction of sp³-hybridized carbons (Fsp3) is 0.393. The number of nitrogens with zero attached hydrogens (tertiary/aromatic N) is 4. The lowest BCUT2D eigenvalue weighted by atomic mass is 9.99. The van der Waals surface area contributed by atoms with E-state index in [9.17, 15) is 9.59 Å². The van der Waals surface area contributed by atoms with E-state index in [0.717, 1.165) is 41.0 Å². The Balaban J connectivity index is 1.54. The molecule has 2 heterocycles. The summed E-state index contributed by atoms with van der Waals surface area (Å²) in [5.74, 6) is 0.202. The van der Waals surface area contributed by atoms with Crippen LogP contribution < -0.4 is 20.3 Å². The van der Waals surface area contributed by atoms with Crippen molar-refractivity contribution in [3.05, 3.63) is 65.5 Å². The fourth-order valence-corrected chi connectivity index (χ4v) is 4.46. The maximum Gasteiger partial charge on any atom is 0.257 e. The molecule has 1 saturated heterocycles. The molecule has 4 rings (SSSR count). The van der Waals surface area contributed by atoms with Crippen molar-refractivity contribution in [2.24, 2.45) is 7.05 Å². The molecule has 0 spiro atoms. The summed E-state index contributed by atoms with van der Waals surface area (Å²) in [5, 5.41) is 9.97. The topological polar surface area (TPSA) is 91.7 Å². The van der Waals surface area contributed by atoms with Crippen molar-refractivity contribution in [2.75, 3.05) is 45.7 Å². The third-order valence-corrected chi connectivity index (χ3v) is 6.95. The van der Waals surface area contributed by atoms with Crippen molar-refractivity contribution in [2.45, 2.75) is 25.9 Å². The number of ether oxygens (including phenoxy) is 1. The van der Waals surface area contributed by atoms with Crippen LogP contribution in [0.1, 0.15) is 34.5 Å². The van der Waals surface area contributed by atoms with Gasteiger partial charge in [0.25, 0.3) is 11.8 Å². The Morgan fingerprint density at radius 1 is 1.19 bits per heavy atom. The van der Waals surface area contributed by atoms with E-state index < -0.39 is 0 Å². The number of carbonyl (C=O) groups is 2. The average Bonchev–Trinajstić information content (AvgIpc) is 3.28. The minimum Gasteiger partial charge on any atom is -0.484 e. The minimum absolute atomic E-state index is 0.0929. The number of nitrogens with one attached hydrogen (secondary N) is 2. The van der Waals surface area contributed by atoms with Gasteiger partial charge in [0.1, 0.15) is 5.75 Å². The molecule has 0 saturated carbocycles. The van der Waals surface area contributed by atoms with Gasteiger partial charge in [0, 0.05) is 56.2 Å². The summed E-state index contributed by atoms with van der Waals surface area (Å²) in [5.41, 5.74) is 5.42. The summed E-state index contributed by atoms with van der Waals surface area (Å²) < 4.78 is 7.48. The lowest BCUT2D eigenvalue weighted by molar-refractivity contribution is -0.122. The molecule has 9 heteroatoms. The van der Waals surface area contributed by atoms with Crippen molar-refractivity contribution in [3.8, 4) is 16.9 Å². The highest BCUT2D eigenvalue weighted by Crippen LogP contribution is 2.31. The summed E-state index contributed by atoms with van der Waals surface area (Å²) in [6.45, 7) is 5.76. The maximum atomic E-state index is 13.4. The second-order valence-electron chi connectivity index (χ2n) is 9.82. The Hall–Kier alpha value is -3.85. The molecule has 0 radical (unpaired) electrons. The van der Waals surface area contributed by atoms with Gasteiger partial charge in [-0.25, -0.2) is 0 Å². The lowest BCUT2D eigenvalue weighted by Gasteiger charge is -2.45. The van der Waals surface area contributed by atoms with Gasteiger partial charge in [-0.1, -0.05) is 6.07 Å². The van der Waals surface area contributed by atoms with Crippen LogP contribution in [0.5, 0.6) is 5.75 Å². The SMILES string of the molecule is CNC(=O)COc1cc(-c2cnn(C)c2)cc([C@@H](C)NC(=O)c2cccc(N3CC(N(C)C)C3)c2C)c1. The van der Waals surface area contributed by atoms with Crippen LogP contribution in [0.25, 0.3) is 11.1 Å². The maximum absolute atomic E-state index is 13.4. The zero-order valence-electron chi connectivity index (χ0n) is 22.4. The third-order valence-electron chi connectivity index (χ3n) is 6.95. The quantitative estimate of drug-likeness (QED) is 0.466. The molecule has 2 aromatic carbocycles. The Morgan fingerprint density at radius 2 is 1.95 bits per heavy atom. The highest BCUT2D eigenvalue weighted by molar-refractivity contribution is 5.97. The second-order valence-corrected chi connectivity index (χ2v) is 9.82. The molecule has 37 heavy (non-hydrogen) atoms. The van der Waals surface area contributed by atoms with E-state index in [0.29, 0.717) is 17.4 Å². The predicted octanol–water partition coefficient (Wildman–Crippen LogP) is 2.76. The van der Waals surface area contributed by atoms with Gasteiger partial charge < -0.3 is 25.2 Å². The molecule has 1 atom stereocenters. The summed E-state index contributed by atoms with van der Waals surface area (Å²) in [4.78, 5) is 29.6. The smallest absolute Gasteiger partial charge is 0.257 e. The first-order valence-electron chi connectivity index (χ1n) is 12.5. The van der Waals surface area contributed by atoms with Crippen LogP contribution in [0.4, 0.5) is 5.69 Å². The van der Waals surface area contributed by atoms with Crippen LogP contribution in [0, 0.1) is 6.92 Å². The molecule has 9 nitrogen and oxygen atoms in total. The number of carbonyl (C=O) groups excluding carboxylic acids is 2. The number of anilines is 1. The molecule has 2 N–H and O–H groups in total. The van der Waals surface area contributed by atoms with E-state index in [-0.39, 0.29) is 24.5 Å². The largest absolute Gasteiger partial charge is 0.484 e. The van der Waals surface area contributed by atoms with Crippen LogP contribution in [-0.4, -0.2) is 73.4 Å². The number of aromatic nitrogens is 2. The Labute approximate surface area is 218 Å². The van der Waals surface area contributed by atoms with Crippen LogP contribution >= 0.6 is 0 Å². The van der Waals surface area contributed by atoms with Gasteiger partial charge in [0.15, 0.2) is 6.61 Å². The molecule has 3 aromatic rings. The molecule has 1 aliphatic rings. The first-order valence-corrected chi connectivity index (χ1v) is 12.5. The highest BCUT2D eigenvalue weighted by atomic mass is 16.5. The lowest BCUT2D eigenvalue weighted by Crippen LogP contribution is -2.57. The van der Waals surface area contributed by atoms with E-state index in [1.54, 1.807) is 17.9 Å². The van der Waals surface area contributed by atoms with E-state index >= 15 is 0 Å². The van der Waals surface area contributed by atoms with Gasteiger partial charge in [0.05, 0.1) is 12.2 Å². The average molecular weight is 505 g/mol. The number of hydrogen-bond donors (Lipinski definition) is 2. The molecule has 2 amide bonds. The zero-order valence-corrected chi connectivity index (χ0v) is 22.4. The monoisotopic (exact) mass is 504 g/mol. The number of hydrogen-bond acceptors (Lipinski definition) is 6. The highest BCUT2D eigenvalue weighted by Gasteiger charge is 2.30. The molecule has 196 valence electrons. The van der Waals surface area contributed by atoms with Gasteiger partial charge >= 0.3 is 0 Å². The van der Waals surface area contributed by atoms with Gasteiger partial charge in [-0.05, 0) is 75.0 Å². The van der Waals surface area contributed by atoms with Gasteiger partial charge in [-0.15, -0.1) is 0 Å². The molecule has 0 bridgehead atoms. The fourth-order valence-electron chi connectivity index (χ4n) is 4.46. The standard InChI is InChI=1S/C28H36N6O3/c1-18-25(8-7-9-26(18)34-15-23(16-34)32(4)5)28(36)31-19(2)20-10-21(22-13-30-33(6)14-22)12-24(11-20)37-17-27(35)29-3/h7-14,19,23H,15-17H2,1-6H3,(H,29,35)(H,31,36)/t19-/m1/s1. The van der Waals surface area contributed by atoms with Gasteiger partial charge in [-0.3, -0.25) is 14.3 Å². The second kappa shape index (κ2) is 11.0.